The summed E-state index contributed by atoms with van der Waals surface area (Å²) in [6.45, 7) is 6.47. The number of fused-ring (bicyclic) bond motifs is 1. The molecule has 0 fully saturated rings. The summed E-state index contributed by atoms with van der Waals surface area (Å²) in [5.74, 6) is 3.41. The van der Waals surface area contributed by atoms with E-state index in [1.165, 1.54) is 0 Å². The van der Waals surface area contributed by atoms with Crippen LogP contribution in [0.4, 0.5) is 0 Å². The molecule has 4 nitrogen and oxygen atoms in total. The van der Waals surface area contributed by atoms with E-state index in [2.05, 4.69) is 16.2 Å². The molecule has 1 N–H and O–H groups in total. The van der Waals surface area contributed by atoms with Crippen molar-refractivity contribution in [3.05, 3.63) is 30.1 Å². The number of nitrogens with zero attached hydrogens (tertiary/aromatic N) is 2. The molecule has 0 unspecified atom stereocenters. The molecule has 1 aromatic carbocycles. The van der Waals surface area contributed by atoms with Gasteiger partial charge in [-0.3, -0.25) is 4.79 Å². The van der Waals surface area contributed by atoms with Crippen LogP contribution < -0.4 is 5.32 Å². The van der Waals surface area contributed by atoms with E-state index in [0.717, 1.165) is 16.9 Å². The van der Waals surface area contributed by atoms with E-state index < -0.39 is 5.41 Å². The van der Waals surface area contributed by atoms with Crippen molar-refractivity contribution >= 4 is 16.9 Å². The molecule has 2 aromatic rings. The number of terminal acetylenes is 1. The highest BCUT2D eigenvalue weighted by Crippen LogP contribution is 2.17. The van der Waals surface area contributed by atoms with Crippen LogP contribution in [0.5, 0.6) is 0 Å². The molecule has 0 saturated heterocycles. The van der Waals surface area contributed by atoms with Crippen molar-refractivity contribution in [2.75, 3.05) is 0 Å². The van der Waals surface area contributed by atoms with Gasteiger partial charge in [-0.15, -0.1) is 6.42 Å². The predicted molar refractivity (Wildman–Crippen MR) is 79.9 cm³/mol. The minimum absolute atomic E-state index is 0.00295. The normalized spacial score (nSPS) is 11.3. The number of benzene rings is 1. The molecule has 1 aromatic heterocycles. The first kappa shape index (κ1) is 14.1. The lowest BCUT2D eigenvalue weighted by atomic mass is 9.96. The lowest BCUT2D eigenvalue weighted by Gasteiger charge is -2.17. The van der Waals surface area contributed by atoms with Gasteiger partial charge >= 0.3 is 0 Å². The van der Waals surface area contributed by atoms with E-state index in [4.69, 9.17) is 6.42 Å². The Kier molecular flexibility index (Phi) is 3.80. The molecular weight excluding hydrogens is 250 g/mol. The highest BCUT2D eigenvalue weighted by molar-refractivity contribution is 5.81. The molecule has 0 bridgehead atoms. The third kappa shape index (κ3) is 2.83. The topological polar surface area (TPSA) is 46.9 Å². The summed E-state index contributed by atoms with van der Waals surface area (Å²) < 4.78 is 1.96. The standard InChI is InChI=1S/C16H19N3O/c1-5-10-19-13-9-7-6-8-12(13)18-14(19)11-17-15(20)16(2,3)4/h1,6-9H,10-11H2,2-4H3,(H,17,20). The largest absolute Gasteiger partial charge is 0.348 e. The van der Waals surface area contributed by atoms with E-state index >= 15 is 0 Å². The van der Waals surface area contributed by atoms with Crippen LogP contribution >= 0.6 is 0 Å². The molecule has 2 rings (SSSR count). The maximum absolute atomic E-state index is 11.9. The van der Waals surface area contributed by atoms with Crippen LogP contribution in [-0.4, -0.2) is 15.5 Å². The molecule has 0 saturated carbocycles. The van der Waals surface area contributed by atoms with E-state index in [9.17, 15) is 4.79 Å². The van der Waals surface area contributed by atoms with Gasteiger partial charge in [-0.05, 0) is 12.1 Å². The Balaban J connectivity index is 2.28. The van der Waals surface area contributed by atoms with Crippen LogP contribution in [0, 0.1) is 17.8 Å². The van der Waals surface area contributed by atoms with Gasteiger partial charge < -0.3 is 9.88 Å². The van der Waals surface area contributed by atoms with Gasteiger partial charge in [-0.2, -0.15) is 0 Å². The molecule has 0 aliphatic carbocycles. The number of imidazole rings is 1. The van der Waals surface area contributed by atoms with Gasteiger partial charge in [0.05, 0.1) is 24.1 Å². The van der Waals surface area contributed by atoms with Gasteiger partial charge in [-0.1, -0.05) is 38.8 Å². The van der Waals surface area contributed by atoms with E-state index in [-0.39, 0.29) is 5.91 Å². The fourth-order valence-corrected chi connectivity index (χ4v) is 1.95. The zero-order valence-corrected chi connectivity index (χ0v) is 12.1. The smallest absolute Gasteiger partial charge is 0.225 e. The number of carbonyl (C=O) groups excluding carboxylic acids is 1. The molecule has 20 heavy (non-hydrogen) atoms. The molecule has 4 heteroatoms. The average molecular weight is 269 g/mol. The highest BCUT2D eigenvalue weighted by Gasteiger charge is 2.21. The Morgan fingerprint density at radius 2 is 2.10 bits per heavy atom. The van der Waals surface area contributed by atoms with Crippen molar-refractivity contribution < 1.29 is 4.79 Å². The zero-order valence-electron chi connectivity index (χ0n) is 12.1. The van der Waals surface area contributed by atoms with Gasteiger partial charge in [0.1, 0.15) is 5.82 Å². The lowest BCUT2D eigenvalue weighted by molar-refractivity contribution is -0.128. The second kappa shape index (κ2) is 5.38. The first-order valence-electron chi connectivity index (χ1n) is 6.59. The van der Waals surface area contributed by atoms with Gasteiger partial charge in [-0.25, -0.2) is 4.98 Å². The molecule has 1 amide bonds. The SMILES string of the molecule is C#CCn1c(CNC(=O)C(C)(C)C)nc2ccccc21. The Hall–Kier alpha value is -2.28. The predicted octanol–water partition coefficient (Wildman–Crippen LogP) is 2.33. The van der Waals surface area contributed by atoms with Crippen LogP contribution in [0.2, 0.25) is 0 Å². The molecule has 104 valence electrons. The van der Waals surface area contributed by atoms with Crippen molar-refractivity contribution in [1.82, 2.24) is 14.9 Å². The maximum atomic E-state index is 11.9. The van der Waals surface area contributed by atoms with Crippen LogP contribution in [0.15, 0.2) is 24.3 Å². The molecule has 0 atom stereocenters. The summed E-state index contributed by atoms with van der Waals surface area (Å²) in [6, 6.07) is 7.81. The van der Waals surface area contributed by atoms with Gasteiger partial charge in [0.15, 0.2) is 0 Å². The Bertz CT molecular complexity index is 671. The van der Waals surface area contributed by atoms with Crippen LogP contribution in [0.1, 0.15) is 26.6 Å². The van der Waals surface area contributed by atoms with Crippen molar-refractivity contribution in [2.24, 2.45) is 5.41 Å². The summed E-state index contributed by atoms with van der Waals surface area (Å²) >= 11 is 0. The summed E-state index contributed by atoms with van der Waals surface area (Å²) in [5, 5.41) is 2.91. The average Bonchev–Trinajstić information content (AvgIpc) is 2.74. The Morgan fingerprint density at radius 3 is 2.75 bits per heavy atom. The molecule has 0 aliphatic heterocycles. The number of carbonyl (C=O) groups is 1. The minimum atomic E-state index is -0.414. The summed E-state index contributed by atoms with van der Waals surface area (Å²) in [4.78, 5) is 16.5. The Labute approximate surface area is 119 Å². The van der Waals surface area contributed by atoms with Gasteiger partial charge in [0, 0.05) is 5.41 Å². The minimum Gasteiger partial charge on any atom is -0.348 e. The Morgan fingerprint density at radius 1 is 1.40 bits per heavy atom. The second-order valence-electron chi connectivity index (χ2n) is 5.74. The van der Waals surface area contributed by atoms with Crippen LogP contribution in [0.25, 0.3) is 11.0 Å². The third-order valence-corrected chi connectivity index (χ3v) is 3.07. The first-order chi connectivity index (χ1) is 9.43. The van der Waals surface area contributed by atoms with Crippen molar-refractivity contribution in [1.29, 1.82) is 0 Å². The number of amides is 1. The second-order valence-corrected chi connectivity index (χ2v) is 5.74. The molecule has 0 aliphatic rings. The highest BCUT2D eigenvalue weighted by atomic mass is 16.2. The summed E-state index contributed by atoms with van der Waals surface area (Å²) in [5.41, 5.74) is 1.47. The fraction of sp³-hybridized carbons (Fsp3) is 0.375. The summed E-state index contributed by atoms with van der Waals surface area (Å²) in [7, 11) is 0. The van der Waals surface area contributed by atoms with Crippen molar-refractivity contribution in [2.45, 2.75) is 33.9 Å². The molecule has 0 radical (unpaired) electrons. The quantitative estimate of drug-likeness (QED) is 0.869. The van der Waals surface area contributed by atoms with Gasteiger partial charge in [0.25, 0.3) is 0 Å². The van der Waals surface area contributed by atoms with E-state index in [1.807, 2.05) is 49.6 Å². The van der Waals surface area contributed by atoms with E-state index in [1.54, 1.807) is 0 Å². The molecule has 1 heterocycles. The summed E-state index contributed by atoms with van der Waals surface area (Å²) in [6.07, 6.45) is 5.42. The monoisotopic (exact) mass is 269 g/mol. The fourth-order valence-electron chi connectivity index (χ4n) is 1.95. The zero-order chi connectivity index (χ0) is 14.8. The van der Waals surface area contributed by atoms with Gasteiger partial charge in [0.2, 0.25) is 5.91 Å². The van der Waals surface area contributed by atoms with Crippen LogP contribution in [0.3, 0.4) is 0 Å². The lowest BCUT2D eigenvalue weighted by Crippen LogP contribution is -2.35. The molecular formula is C16H19N3O. The number of para-hydroxylation sites is 2. The third-order valence-electron chi connectivity index (χ3n) is 3.07. The van der Waals surface area contributed by atoms with E-state index in [0.29, 0.717) is 13.1 Å². The van der Waals surface area contributed by atoms with Crippen molar-refractivity contribution in [3.8, 4) is 12.3 Å². The first-order valence-corrected chi connectivity index (χ1v) is 6.59. The number of hydrogen-bond donors (Lipinski definition) is 1. The molecule has 0 spiro atoms. The number of hydrogen-bond acceptors (Lipinski definition) is 2. The number of rotatable bonds is 3. The maximum Gasteiger partial charge on any atom is 0.225 e. The number of nitrogens with one attached hydrogen (secondary N) is 1. The van der Waals surface area contributed by atoms with Crippen LogP contribution in [-0.2, 0) is 17.9 Å². The number of aromatic nitrogens is 2. The van der Waals surface area contributed by atoms with Crippen molar-refractivity contribution in [3.63, 3.8) is 0 Å².